The van der Waals surface area contributed by atoms with E-state index in [0.717, 1.165) is 0 Å². The number of nitrogens with two attached hydrogens (primary N) is 1. The summed E-state index contributed by atoms with van der Waals surface area (Å²) in [6, 6.07) is 4.30. The molecule has 0 aliphatic carbocycles. The fourth-order valence-electron chi connectivity index (χ4n) is 1.58. The molecule has 0 amide bonds. The highest BCUT2D eigenvalue weighted by Crippen LogP contribution is 2.31. The van der Waals surface area contributed by atoms with Crippen molar-refractivity contribution in [2.45, 2.75) is 13.0 Å². The maximum atomic E-state index is 6.12. The van der Waals surface area contributed by atoms with E-state index in [2.05, 4.69) is 28.4 Å². The summed E-state index contributed by atoms with van der Waals surface area (Å²) < 4.78 is 0. The number of nitrogens with one attached hydrogen (secondary N) is 1. The Morgan fingerprint density at radius 2 is 2.33 bits per heavy atom. The number of nitrogen functional groups attached to an aromatic ring is 1. The summed E-state index contributed by atoms with van der Waals surface area (Å²) in [5.74, 6) is 6.31. The van der Waals surface area contributed by atoms with E-state index in [4.69, 9.17) is 17.4 Å². The Kier molecular flexibility index (Phi) is 4.00. The Labute approximate surface area is 115 Å². The highest BCUT2D eigenvalue weighted by molar-refractivity contribution is 7.10. The highest BCUT2D eigenvalue weighted by atomic mass is 35.5. The van der Waals surface area contributed by atoms with Crippen LogP contribution in [0.2, 0.25) is 5.02 Å². The fraction of sp³-hybridized carbons (Fsp3) is 0.273. The van der Waals surface area contributed by atoms with Gasteiger partial charge >= 0.3 is 0 Å². The van der Waals surface area contributed by atoms with E-state index in [-0.39, 0.29) is 6.04 Å². The predicted octanol–water partition coefficient (Wildman–Crippen LogP) is 2.67. The van der Waals surface area contributed by atoms with Gasteiger partial charge in [-0.25, -0.2) is 10.8 Å². The lowest BCUT2D eigenvalue weighted by atomic mass is 10.2. The van der Waals surface area contributed by atoms with Gasteiger partial charge in [-0.1, -0.05) is 17.7 Å². The third-order valence-electron chi connectivity index (χ3n) is 2.72. The largest absolute Gasteiger partial charge is 0.351 e. The fourth-order valence-corrected chi connectivity index (χ4v) is 2.63. The maximum Gasteiger partial charge on any atom is 0.239 e. The van der Waals surface area contributed by atoms with Crippen LogP contribution in [0.4, 0.5) is 11.8 Å². The molecule has 1 unspecified atom stereocenters. The van der Waals surface area contributed by atoms with E-state index < -0.39 is 0 Å². The standard InChI is InChI=1S/C11H14ClN5S/c1-7(9-4-3-5-18-9)17(2)10-8(12)6-14-11(15-10)16-13/h3-7H,13H2,1-2H3,(H,14,15,16). The molecule has 2 aromatic rings. The molecule has 7 heteroatoms. The summed E-state index contributed by atoms with van der Waals surface area (Å²) in [6.45, 7) is 2.10. The van der Waals surface area contributed by atoms with Crippen LogP contribution in [-0.2, 0) is 0 Å². The SMILES string of the molecule is CC(c1cccs1)N(C)c1nc(NN)ncc1Cl. The molecule has 1 atom stereocenters. The first-order valence-corrected chi connectivity index (χ1v) is 6.64. The minimum atomic E-state index is 0.183. The molecular formula is C11H14ClN5S. The first-order valence-electron chi connectivity index (χ1n) is 5.39. The van der Waals surface area contributed by atoms with Crippen LogP contribution in [0.25, 0.3) is 0 Å². The normalized spacial score (nSPS) is 12.2. The van der Waals surface area contributed by atoms with Gasteiger partial charge in [-0.15, -0.1) is 11.3 Å². The van der Waals surface area contributed by atoms with Gasteiger partial charge in [0, 0.05) is 11.9 Å². The summed E-state index contributed by atoms with van der Waals surface area (Å²) in [4.78, 5) is 11.5. The van der Waals surface area contributed by atoms with Gasteiger partial charge in [-0.05, 0) is 18.4 Å². The number of hydrogen-bond donors (Lipinski definition) is 2. The Morgan fingerprint density at radius 1 is 1.56 bits per heavy atom. The van der Waals surface area contributed by atoms with Gasteiger partial charge in [0.05, 0.1) is 12.2 Å². The summed E-state index contributed by atoms with van der Waals surface area (Å²) in [5, 5.41) is 2.55. The van der Waals surface area contributed by atoms with Crippen molar-refractivity contribution in [1.29, 1.82) is 0 Å². The van der Waals surface area contributed by atoms with Gasteiger partial charge in [-0.2, -0.15) is 4.98 Å². The van der Waals surface area contributed by atoms with Gasteiger partial charge in [0.25, 0.3) is 0 Å². The van der Waals surface area contributed by atoms with Gasteiger partial charge in [-0.3, -0.25) is 5.43 Å². The molecule has 2 aromatic heterocycles. The second-order valence-electron chi connectivity index (χ2n) is 3.81. The number of rotatable bonds is 4. The first-order chi connectivity index (χ1) is 8.63. The minimum Gasteiger partial charge on any atom is -0.351 e. The molecular weight excluding hydrogens is 270 g/mol. The van der Waals surface area contributed by atoms with Crippen LogP contribution in [0, 0.1) is 0 Å². The molecule has 0 fully saturated rings. The minimum absolute atomic E-state index is 0.183. The van der Waals surface area contributed by atoms with Crippen molar-refractivity contribution in [3.05, 3.63) is 33.6 Å². The van der Waals surface area contributed by atoms with Gasteiger partial charge in [0.2, 0.25) is 5.95 Å². The first kappa shape index (κ1) is 13.1. The molecule has 0 bridgehead atoms. The Bertz CT molecular complexity index is 516. The number of anilines is 2. The number of thiophene rings is 1. The highest BCUT2D eigenvalue weighted by Gasteiger charge is 2.17. The maximum absolute atomic E-state index is 6.12. The molecule has 0 aliphatic rings. The Balaban J connectivity index is 2.30. The molecule has 0 saturated carbocycles. The Morgan fingerprint density at radius 3 is 2.94 bits per heavy atom. The number of halogens is 1. The second kappa shape index (κ2) is 5.51. The van der Waals surface area contributed by atoms with Crippen LogP contribution in [0.1, 0.15) is 17.8 Å². The summed E-state index contributed by atoms with van der Waals surface area (Å²) in [5.41, 5.74) is 2.42. The van der Waals surface area contributed by atoms with Crippen LogP contribution >= 0.6 is 22.9 Å². The zero-order chi connectivity index (χ0) is 13.1. The topological polar surface area (TPSA) is 67.1 Å². The zero-order valence-electron chi connectivity index (χ0n) is 10.1. The van der Waals surface area contributed by atoms with E-state index >= 15 is 0 Å². The molecule has 0 saturated heterocycles. The summed E-state index contributed by atoms with van der Waals surface area (Å²) >= 11 is 7.82. The monoisotopic (exact) mass is 283 g/mol. The smallest absolute Gasteiger partial charge is 0.239 e. The average molecular weight is 284 g/mol. The van der Waals surface area contributed by atoms with E-state index in [1.165, 1.54) is 11.1 Å². The van der Waals surface area contributed by atoms with Gasteiger partial charge < -0.3 is 4.90 Å². The molecule has 0 spiro atoms. The lowest BCUT2D eigenvalue weighted by Crippen LogP contribution is -2.23. The van der Waals surface area contributed by atoms with Crippen molar-refractivity contribution in [3.63, 3.8) is 0 Å². The van der Waals surface area contributed by atoms with Gasteiger partial charge in [0.15, 0.2) is 5.82 Å². The molecule has 18 heavy (non-hydrogen) atoms. The van der Waals surface area contributed by atoms with Crippen LogP contribution in [0.3, 0.4) is 0 Å². The zero-order valence-corrected chi connectivity index (χ0v) is 11.7. The number of aromatic nitrogens is 2. The molecule has 0 aliphatic heterocycles. The molecule has 0 radical (unpaired) electrons. The van der Waals surface area contributed by atoms with Crippen molar-refractivity contribution >= 4 is 34.7 Å². The predicted molar refractivity (Wildman–Crippen MR) is 76.0 cm³/mol. The molecule has 2 rings (SSSR count). The lowest BCUT2D eigenvalue weighted by Gasteiger charge is -2.26. The van der Waals surface area contributed by atoms with Crippen LogP contribution in [-0.4, -0.2) is 17.0 Å². The van der Waals surface area contributed by atoms with E-state index in [1.807, 2.05) is 23.4 Å². The van der Waals surface area contributed by atoms with Crippen LogP contribution in [0.15, 0.2) is 23.7 Å². The second-order valence-corrected chi connectivity index (χ2v) is 5.20. The van der Waals surface area contributed by atoms with Crippen molar-refractivity contribution < 1.29 is 0 Å². The van der Waals surface area contributed by atoms with Crippen molar-refractivity contribution in [2.75, 3.05) is 17.4 Å². The van der Waals surface area contributed by atoms with E-state index in [1.54, 1.807) is 11.3 Å². The number of nitrogens with zero attached hydrogens (tertiary/aromatic N) is 3. The van der Waals surface area contributed by atoms with Crippen LogP contribution in [0.5, 0.6) is 0 Å². The average Bonchev–Trinajstić information content (AvgIpc) is 2.91. The third kappa shape index (κ3) is 2.55. The molecule has 96 valence electrons. The quantitative estimate of drug-likeness (QED) is 0.667. The summed E-state index contributed by atoms with van der Waals surface area (Å²) in [7, 11) is 1.94. The molecule has 0 aromatic carbocycles. The van der Waals surface area contributed by atoms with Crippen molar-refractivity contribution in [1.82, 2.24) is 9.97 Å². The van der Waals surface area contributed by atoms with Crippen molar-refractivity contribution in [3.8, 4) is 0 Å². The molecule has 2 heterocycles. The Hall–Kier alpha value is -1.37. The summed E-state index contributed by atoms with van der Waals surface area (Å²) in [6.07, 6.45) is 1.54. The number of hydrazine groups is 1. The molecule has 3 N–H and O–H groups in total. The lowest BCUT2D eigenvalue weighted by molar-refractivity contribution is 0.741. The van der Waals surface area contributed by atoms with Crippen LogP contribution < -0.4 is 16.2 Å². The molecule has 5 nitrogen and oxygen atoms in total. The third-order valence-corrected chi connectivity index (χ3v) is 4.03. The number of hydrogen-bond acceptors (Lipinski definition) is 6. The van der Waals surface area contributed by atoms with E-state index in [9.17, 15) is 0 Å². The van der Waals surface area contributed by atoms with Crippen molar-refractivity contribution in [2.24, 2.45) is 5.84 Å². The van der Waals surface area contributed by atoms with E-state index in [0.29, 0.717) is 16.8 Å². The van der Waals surface area contributed by atoms with Gasteiger partial charge in [0.1, 0.15) is 5.02 Å².